The van der Waals surface area contributed by atoms with Crippen molar-refractivity contribution in [2.24, 2.45) is 5.92 Å². The van der Waals surface area contributed by atoms with Crippen LogP contribution in [-0.4, -0.2) is 18.2 Å². The Kier molecular flexibility index (Phi) is 3.93. The van der Waals surface area contributed by atoms with Crippen molar-refractivity contribution >= 4 is 11.6 Å². The topological polar surface area (TPSA) is 43.4 Å². The van der Waals surface area contributed by atoms with Gasteiger partial charge in [0.15, 0.2) is 11.6 Å². The number of ketones is 2. The van der Waals surface area contributed by atoms with Gasteiger partial charge in [-0.2, -0.15) is 0 Å². The Balaban J connectivity index is 1.55. The van der Waals surface area contributed by atoms with E-state index in [1.807, 2.05) is 30.3 Å². The quantitative estimate of drug-likeness (QED) is 0.623. The zero-order valence-electron chi connectivity index (χ0n) is 11.6. The Bertz CT molecular complexity index is 626. The molecule has 0 unspecified atom stereocenters. The Morgan fingerprint density at radius 2 is 1.38 bits per heavy atom. The third-order valence-electron chi connectivity index (χ3n) is 3.75. The number of fused-ring (bicyclic) bond motifs is 1. The van der Waals surface area contributed by atoms with Gasteiger partial charge in [-0.1, -0.05) is 54.6 Å². The van der Waals surface area contributed by atoms with Crippen LogP contribution < -0.4 is 0 Å². The van der Waals surface area contributed by atoms with E-state index in [-0.39, 0.29) is 11.6 Å². The Labute approximate surface area is 123 Å². The molecule has 0 radical (unpaired) electrons. The molecule has 0 fully saturated rings. The summed E-state index contributed by atoms with van der Waals surface area (Å²) in [6, 6.07) is 16.9. The first kappa shape index (κ1) is 13.7. The first-order valence-corrected chi connectivity index (χ1v) is 7.06. The molecule has 0 aromatic heterocycles. The molecule has 0 bridgehead atoms. The highest BCUT2D eigenvalue weighted by molar-refractivity contribution is 6.26. The highest BCUT2D eigenvalue weighted by atomic mass is 16.5. The lowest BCUT2D eigenvalue weighted by Crippen LogP contribution is -2.17. The number of ether oxygens (including phenoxy) is 1. The Hall–Kier alpha value is -2.26. The molecule has 0 saturated heterocycles. The van der Waals surface area contributed by atoms with E-state index in [9.17, 15) is 9.59 Å². The van der Waals surface area contributed by atoms with Crippen molar-refractivity contribution < 1.29 is 14.3 Å². The molecule has 1 aliphatic rings. The van der Waals surface area contributed by atoms with E-state index in [0.29, 0.717) is 30.8 Å². The molecule has 0 atom stereocenters. The Morgan fingerprint density at radius 3 is 2.00 bits per heavy atom. The van der Waals surface area contributed by atoms with Gasteiger partial charge in [0, 0.05) is 17.7 Å². The maximum absolute atomic E-state index is 12.2. The second-order valence-electron chi connectivity index (χ2n) is 5.15. The molecule has 0 amide bonds. The fraction of sp³-hybridized carbons (Fsp3) is 0.222. The van der Waals surface area contributed by atoms with Crippen LogP contribution in [-0.2, 0) is 11.3 Å². The number of benzene rings is 2. The van der Waals surface area contributed by atoms with E-state index in [1.165, 1.54) is 0 Å². The molecule has 0 spiro atoms. The molecular formula is C18H16O3. The fourth-order valence-corrected chi connectivity index (χ4v) is 2.63. The standard InChI is InChI=1S/C18H16O3/c19-17-14-8-4-5-9-15(14)18(20)16(17)10-11-21-12-13-6-2-1-3-7-13/h1-9,16H,10-12H2. The van der Waals surface area contributed by atoms with Gasteiger partial charge in [-0.3, -0.25) is 9.59 Å². The maximum atomic E-state index is 12.2. The third-order valence-corrected chi connectivity index (χ3v) is 3.75. The number of carbonyl (C=O) groups excluding carboxylic acids is 2. The van der Waals surface area contributed by atoms with Crippen molar-refractivity contribution in [1.82, 2.24) is 0 Å². The number of carbonyl (C=O) groups is 2. The zero-order valence-corrected chi connectivity index (χ0v) is 11.6. The summed E-state index contributed by atoms with van der Waals surface area (Å²) in [5.41, 5.74) is 2.19. The summed E-state index contributed by atoms with van der Waals surface area (Å²) in [6.07, 6.45) is 0.444. The first-order valence-electron chi connectivity index (χ1n) is 7.06. The van der Waals surface area contributed by atoms with E-state index in [2.05, 4.69) is 0 Å². The van der Waals surface area contributed by atoms with Gasteiger partial charge in [0.05, 0.1) is 12.5 Å². The van der Waals surface area contributed by atoms with Crippen molar-refractivity contribution in [2.45, 2.75) is 13.0 Å². The van der Waals surface area contributed by atoms with Gasteiger partial charge in [0.2, 0.25) is 0 Å². The predicted octanol–water partition coefficient (Wildman–Crippen LogP) is 3.29. The molecule has 2 aromatic carbocycles. The molecule has 21 heavy (non-hydrogen) atoms. The van der Waals surface area contributed by atoms with Gasteiger partial charge in [0.25, 0.3) is 0 Å². The summed E-state index contributed by atoms with van der Waals surface area (Å²) >= 11 is 0. The van der Waals surface area contributed by atoms with Crippen LogP contribution in [0.4, 0.5) is 0 Å². The van der Waals surface area contributed by atoms with E-state index in [1.54, 1.807) is 24.3 Å². The SMILES string of the molecule is O=C1c2ccccc2C(=O)C1CCOCc1ccccc1. The minimum atomic E-state index is -0.571. The van der Waals surface area contributed by atoms with Crippen LogP contribution in [0.3, 0.4) is 0 Å². The minimum absolute atomic E-state index is 0.0705. The van der Waals surface area contributed by atoms with Crippen LogP contribution in [0.5, 0.6) is 0 Å². The highest BCUT2D eigenvalue weighted by Gasteiger charge is 2.37. The lowest BCUT2D eigenvalue weighted by molar-refractivity contribution is 0.0736. The van der Waals surface area contributed by atoms with Crippen molar-refractivity contribution in [3.63, 3.8) is 0 Å². The van der Waals surface area contributed by atoms with Crippen LogP contribution >= 0.6 is 0 Å². The van der Waals surface area contributed by atoms with Crippen LogP contribution in [0.15, 0.2) is 54.6 Å². The van der Waals surface area contributed by atoms with Crippen molar-refractivity contribution in [3.05, 3.63) is 71.3 Å². The molecule has 0 aliphatic heterocycles. The maximum Gasteiger partial charge on any atom is 0.174 e. The summed E-state index contributed by atoms with van der Waals surface area (Å²) in [5, 5.41) is 0. The van der Waals surface area contributed by atoms with Crippen LogP contribution in [0.25, 0.3) is 0 Å². The second-order valence-corrected chi connectivity index (χ2v) is 5.15. The normalized spacial score (nSPS) is 14.5. The van der Waals surface area contributed by atoms with Gasteiger partial charge < -0.3 is 4.74 Å². The molecule has 0 heterocycles. The molecule has 0 N–H and O–H groups in total. The molecule has 0 saturated carbocycles. The molecule has 3 nitrogen and oxygen atoms in total. The minimum Gasteiger partial charge on any atom is -0.377 e. The lowest BCUT2D eigenvalue weighted by atomic mass is 10.0. The molecule has 3 rings (SSSR count). The number of hydrogen-bond donors (Lipinski definition) is 0. The highest BCUT2D eigenvalue weighted by Crippen LogP contribution is 2.28. The summed E-state index contributed by atoms with van der Waals surface area (Å²) < 4.78 is 5.57. The molecule has 2 aromatic rings. The van der Waals surface area contributed by atoms with Crippen molar-refractivity contribution in [1.29, 1.82) is 0 Å². The van der Waals surface area contributed by atoms with E-state index in [4.69, 9.17) is 4.74 Å². The van der Waals surface area contributed by atoms with Gasteiger partial charge in [-0.15, -0.1) is 0 Å². The summed E-state index contributed by atoms with van der Waals surface area (Å²) in [7, 11) is 0. The predicted molar refractivity (Wildman–Crippen MR) is 79.3 cm³/mol. The van der Waals surface area contributed by atoms with Crippen LogP contribution in [0, 0.1) is 5.92 Å². The van der Waals surface area contributed by atoms with E-state index >= 15 is 0 Å². The fourth-order valence-electron chi connectivity index (χ4n) is 2.63. The third kappa shape index (κ3) is 2.78. The largest absolute Gasteiger partial charge is 0.377 e. The van der Waals surface area contributed by atoms with E-state index < -0.39 is 5.92 Å². The van der Waals surface area contributed by atoms with Crippen molar-refractivity contribution in [2.75, 3.05) is 6.61 Å². The smallest absolute Gasteiger partial charge is 0.174 e. The van der Waals surface area contributed by atoms with Crippen molar-refractivity contribution in [3.8, 4) is 0 Å². The summed E-state index contributed by atoms with van der Waals surface area (Å²) in [5.74, 6) is -0.712. The average molecular weight is 280 g/mol. The summed E-state index contributed by atoms with van der Waals surface area (Å²) in [4.78, 5) is 24.4. The molecule has 106 valence electrons. The lowest BCUT2D eigenvalue weighted by Gasteiger charge is -2.08. The van der Waals surface area contributed by atoms with Crippen LogP contribution in [0.2, 0.25) is 0 Å². The van der Waals surface area contributed by atoms with Gasteiger partial charge in [-0.05, 0) is 12.0 Å². The number of rotatable bonds is 5. The molecular weight excluding hydrogens is 264 g/mol. The molecule has 1 aliphatic carbocycles. The van der Waals surface area contributed by atoms with Crippen LogP contribution in [0.1, 0.15) is 32.7 Å². The number of hydrogen-bond acceptors (Lipinski definition) is 3. The average Bonchev–Trinajstić information content (AvgIpc) is 2.77. The summed E-state index contributed by atoms with van der Waals surface area (Å²) in [6.45, 7) is 0.911. The number of Topliss-reactive ketones (excluding diaryl/α,β-unsaturated/α-hetero) is 2. The van der Waals surface area contributed by atoms with E-state index in [0.717, 1.165) is 5.56 Å². The second kappa shape index (κ2) is 6.02. The van der Waals surface area contributed by atoms with Gasteiger partial charge in [0.1, 0.15) is 0 Å². The van der Waals surface area contributed by atoms with Gasteiger partial charge in [-0.25, -0.2) is 0 Å². The monoisotopic (exact) mass is 280 g/mol. The first-order chi connectivity index (χ1) is 10.3. The zero-order chi connectivity index (χ0) is 14.7. The Morgan fingerprint density at radius 1 is 0.810 bits per heavy atom. The van der Waals surface area contributed by atoms with Gasteiger partial charge >= 0.3 is 0 Å². The molecule has 3 heteroatoms.